The summed E-state index contributed by atoms with van der Waals surface area (Å²) in [6, 6.07) is 57.2. The van der Waals surface area contributed by atoms with Crippen molar-refractivity contribution in [2.24, 2.45) is 0 Å². The van der Waals surface area contributed by atoms with E-state index in [-0.39, 0.29) is 60.7 Å². The smallest absolute Gasteiger partial charge is 0.509 e. The molecule has 0 aliphatic rings. The fourth-order valence-corrected chi connectivity index (χ4v) is 7.98. The standard InChI is InChI=1S/C49H26N8O2.2Pt/c1-3-11-41-35(9-1)37-19-15-31(25-43(37)55(41)47-13-5-7-23-51-47)58-33-17-21-39-40-22-18-34(28-46(40)57(45(39)27-33)49-53-29-50-30-54-49)59-32-16-20-38-36-10-2-4-12-42(36)56(44(38)26-32)48-14-6-8-24-52-48;;/h1-24,29-30H;;/q-4;2*+2/i29D,30D;;. The average Bonchev–Trinajstić information content (AvgIpc) is 3.91. The van der Waals surface area contributed by atoms with Gasteiger partial charge in [-0.15, -0.1) is 59.3 Å². The van der Waals surface area contributed by atoms with E-state index in [0.29, 0.717) is 34.0 Å². The number of rotatable bonds is 7. The molecule has 0 fully saturated rings. The second-order valence-electron chi connectivity index (χ2n) is 13.8. The molecule has 61 heavy (non-hydrogen) atoms. The Labute approximate surface area is 379 Å². The van der Waals surface area contributed by atoms with Crippen LogP contribution in [0.5, 0.6) is 23.0 Å². The van der Waals surface area contributed by atoms with Gasteiger partial charge in [0.15, 0.2) is 0 Å². The second-order valence-corrected chi connectivity index (χ2v) is 13.8. The Bertz CT molecular complexity index is 3470. The zero-order valence-electron chi connectivity index (χ0n) is 33.4. The van der Waals surface area contributed by atoms with Gasteiger partial charge in [0, 0.05) is 46.4 Å². The maximum Gasteiger partial charge on any atom is 2.00 e. The van der Waals surface area contributed by atoms with E-state index >= 15 is 0 Å². The third-order valence-electron chi connectivity index (χ3n) is 10.4. The van der Waals surface area contributed by atoms with Crippen LogP contribution >= 0.6 is 0 Å². The van der Waals surface area contributed by atoms with Gasteiger partial charge in [0.1, 0.15) is 27.0 Å². The quantitative estimate of drug-likeness (QED) is 0.147. The molecule has 0 spiro atoms. The number of ether oxygens (including phenoxy) is 2. The van der Waals surface area contributed by atoms with Gasteiger partial charge in [-0.05, 0) is 47.2 Å². The first-order valence-electron chi connectivity index (χ1n) is 19.8. The summed E-state index contributed by atoms with van der Waals surface area (Å²) in [7, 11) is 0. The Kier molecular flexibility index (Phi) is 9.16. The summed E-state index contributed by atoms with van der Waals surface area (Å²) in [4.78, 5) is 21.7. The molecule has 0 unspecified atom stereocenters. The molecule has 0 aliphatic carbocycles. The molecule has 294 valence electrons. The summed E-state index contributed by atoms with van der Waals surface area (Å²) in [5, 5.41) is 5.78. The fourth-order valence-electron chi connectivity index (χ4n) is 7.98. The number of hydrogen-bond acceptors (Lipinski definition) is 7. The van der Waals surface area contributed by atoms with Crippen LogP contribution in [0.3, 0.4) is 0 Å². The number of pyridine rings is 2. The van der Waals surface area contributed by atoms with Gasteiger partial charge in [-0.1, -0.05) is 70.6 Å². The van der Waals surface area contributed by atoms with E-state index in [4.69, 9.17) is 12.2 Å². The number of nitrogens with zero attached hydrogens (tertiary/aromatic N) is 8. The summed E-state index contributed by atoms with van der Waals surface area (Å²) in [5.74, 6) is 3.36. The van der Waals surface area contributed by atoms with Crippen molar-refractivity contribution in [3.05, 3.63) is 183 Å². The van der Waals surface area contributed by atoms with Crippen molar-refractivity contribution in [1.29, 1.82) is 0 Å². The molecule has 0 N–H and O–H groups in total. The van der Waals surface area contributed by atoms with Crippen LogP contribution in [0.2, 0.25) is 0 Å². The van der Waals surface area contributed by atoms with E-state index in [2.05, 4.69) is 82.6 Å². The molecule has 12 aromatic rings. The third-order valence-corrected chi connectivity index (χ3v) is 10.4. The van der Waals surface area contributed by atoms with Crippen molar-refractivity contribution in [3.8, 4) is 40.6 Å². The van der Waals surface area contributed by atoms with Crippen molar-refractivity contribution in [2.75, 3.05) is 0 Å². The molecule has 6 aromatic heterocycles. The molecule has 0 radical (unpaired) electrons. The third kappa shape index (κ3) is 6.38. The van der Waals surface area contributed by atoms with E-state index in [1.165, 1.54) is 0 Å². The predicted molar refractivity (Wildman–Crippen MR) is 227 cm³/mol. The Balaban J connectivity index is 0.00000236. The van der Waals surface area contributed by atoms with Crippen LogP contribution in [0, 0.1) is 24.3 Å². The predicted octanol–water partition coefficient (Wildman–Crippen LogP) is 10.7. The van der Waals surface area contributed by atoms with Crippen LogP contribution in [-0.2, 0) is 42.1 Å². The molecule has 6 aromatic carbocycles. The van der Waals surface area contributed by atoms with Crippen molar-refractivity contribution in [1.82, 2.24) is 38.6 Å². The molecule has 0 aliphatic heterocycles. The number of benzene rings is 6. The Morgan fingerprint density at radius 2 is 0.770 bits per heavy atom. The van der Waals surface area contributed by atoms with E-state index in [0.717, 1.165) is 66.0 Å². The van der Waals surface area contributed by atoms with Gasteiger partial charge in [-0.2, -0.15) is 35.0 Å². The van der Waals surface area contributed by atoms with Gasteiger partial charge >= 0.3 is 42.1 Å². The van der Waals surface area contributed by atoms with E-state index in [1.807, 2.05) is 109 Å². The Morgan fingerprint density at radius 3 is 1.18 bits per heavy atom. The maximum absolute atomic E-state index is 8.26. The van der Waals surface area contributed by atoms with Crippen molar-refractivity contribution < 1.29 is 54.3 Å². The number of aromatic nitrogens is 8. The Hall–Kier alpha value is -6.99. The molecule has 0 atom stereocenters. The van der Waals surface area contributed by atoms with Crippen LogP contribution in [0.1, 0.15) is 2.74 Å². The minimum atomic E-state index is -0.345. The van der Waals surface area contributed by atoms with Crippen molar-refractivity contribution in [2.45, 2.75) is 0 Å². The van der Waals surface area contributed by atoms with Crippen LogP contribution in [0.25, 0.3) is 83.0 Å². The largest absolute Gasteiger partial charge is 2.00 e. The van der Waals surface area contributed by atoms with Crippen LogP contribution < -0.4 is 9.47 Å². The van der Waals surface area contributed by atoms with Crippen LogP contribution in [0.15, 0.2) is 158 Å². The van der Waals surface area contributed by atoms with Crippen LogP contribution in [-0.4, -0.2) is 38.6 Å². The van der Waals surface area contributed by atoms with Gasteiger partial charge < -0.3 is 23.2 Å². The Morgan fingerprint density at radius 1 is 0.393 bits per heavy atom. The summed E-state index contributed by atoms with van der Waals surface area (Å²) in [6.45, 7) is 0. The second kappa shape index (κ2) is 15.6. The molecule has 0 saturated carbocycles. The zero-order valence-corrected chi connectivity index (χ0v) is 35.9. The molecule has 12 heteroatoms. The molecule has 12 rings (SSSR count). The van der Waals surface area contributed by atoms with Crippen molar-refractivity contribution in [3.63, 3.8) is 0 Å². The first kappa shape index (κ1) is 35.9. The van der Waals surface area contributed by atoms with E-state index in [9.17, 15) is 0 Å². The molecule has 10 nitrogen and oxygen atoms in total. The fraction of sp³-hybridized carbons (Fsp3) is 0. The average molecular weight is 1150 g/mol. The van der Waals surface area contributed by atoms with Gasteiger partial charge in [0.05, 0.1) is 0 Å². The summed E-state index contributed by atoms with van der Waals surface area (Å²) in [6.07, 6.45) is 2.85. The number of hydrogen-bond donors (Lipinski definition) is 0. The minimum Gasteiger partial charge on any atom is -0.509 e. The zero-order chi connectivity index (χ0) is 40.6. The van der Waals surface area contributed by atoms with Crippen molar-refractivity contribution >= 4 is 65.4 Å². The minimum absolute atomic E-state index is 0. The molecule has 6 heterocycles. The van der Waals surface area contributed by atoms with Gasteiger partial charge in [-0.3, -0.25) is 0 Å². The SMILES string of the molecule is [2H]c1nc([2H])nc(-n2c3[c-]c(Oc4[c-]c5c(cc4)c4ccccc4n5-c4ccccn4)ccc3c3ccc(Oc4[c-]c5c(cc4)c4ccccc4n5-c4ccccn4)[c-]c32)n1.[Pt+2].[Pt+2]. The molecule has 0 amide bonds. The van der Waals surface area contributed by atoms with Gasteiger partial charge in [-0.25, -0.2) is 24.9 Å². The molecular formula is C49H26N8O2Pt2. The van der Waals surface area contributed by atoms with E-state index < -0.39 is 0 Å². The summed E-state index contributed by atoms with van der Waals surface area (Å²) in [5.41, 5.74) is 4.74. The van der Waals surface area contributed by atoms with Gasteiger partial charge in [0.25, 0.3) is 0 Å². The normalized spacial score (nSPS) is 11.8. The van der Waals surface area contributed by atoms with Crippen LogP contribution in [0.4, 0.5) is 0 Å². The molecular weight excluding hydrogens is 1120 g/mol. The first-order chi connectivity index (χ1) is 30.0. The summed E-state index contributed by atoms with van der Waals surface area (Å²) < 4.78 is 35.3. The monoisotopic (exact) mass is 1150 g/mol. The first-order valence-corrected chi connectivity index (χ1v) is 18.8. The maximum atomic E-state index is 8.26. The molecule has 0 saturated heterocycles. The number of fused-ring (bicyclic) bond motifs is 9. The molecule has 0 bridgehead atoms. The van der Waals surface area contributed by atoms with E-state index in [1.54, 1.807) is 17.0 Å². The van der Waals surface area contributed by atoms with Gasteiger partial charge in [0.2, 0.25) is 5.95 Å². The number of para-hydroxylation sites is 2. The topological polar surface area (TPSA) is 97.7 Å². The summed E-state index contributed by atoms with van der Waals surface area (Å²) >= 11 is 0.